The van der Waals surface area contributed by atoms with Crippen LogP contribution in [0.1, 0.15) is 58.4 Å². The van der Waals surface area contributed by atoms with E-state index in [1.54, 1.807) is 7.11 Å². The van der Waals surface area contributed by atoms with Gasteiger partial charge in [0.25, 0.3) is 0 Å². The fourth-order valence-corrected chi connectivity index (χ4v) is 4.19. The molecule has 0 saturated carbocycles. The lowest BCUT2D eigenvalue weighted by molar-refractivity contribution is -0.0965. The highest BCUT2D eigenvalue weighted by Crippen LogP contribution is 2.45. The molecule has 3 rings (SSSR count). The molecule has 1 aromatic rings. The van der Waals surface area contributed by atoms with Crippen LogP contribution in [0, 0.1) is 0 Å². The molecule has 2 unspecified atom stereocenters. The Balaban J connectivity index is 1.84. The van der Waals surface area contributed by atoms with Crippen molar-refractivity contribution in [2.45, 2.75) is 76.2 Å². The van der Waals surface area contributed by atoms with Crippen LogP contribution in [0.15, 0.2) is 24.3 Å². The van der Waals surface area contributed by atoms with E-state index in [4.69, 9.17) is 9.47 Å². The molecule has 1 aromatic carbocycles. The van der Waals surface area contributed by atoms with Crippen molar-refractivity contribution in [3.63, 3.8) is 0 Å². The van der Waals surface area contributed by atoms with Crippen molar-refractivity contribution in [1.82, 2.24) is 4.90 Å². The molecular formula is C20H29NO4. The van der Waals surface area contributed by atoms with Crippen LogP contribution in [0.3, 0.4) is 0 Å². The zero-order chi connectivity index (χ0) is 18.2. The first-order chi connectivity index (χ1) is 11.7. The molecule has 5 nitrogen and oxygen atoms in total. The van der Waals surface area contributed by atoms with Gasteiger partial charge in [-0.05, 0) is 57.7 Å². The average molecular weight is 347 g/mol. The number of rotatable bonds is 2. The zero-order valence-electron chi connectivity index (χ0n) is 15.6. The van der Waals surface area contributed by atoms with Crippen LogP contribution in [-0.4, -0.2) is 40.9 Å². The molecule has 1 N–H and O–H groups in total. The highest BCUT2D eigenvalue weighted by Gasteiger charge is 2.49. The van der Waals surface area contributed by atoms with Gasteiger partial charge < -0.3 is 19.5 Å². The lowest BCUT2D eigenvalue weighted by atomic mass is 9.72. The number of nitrogens with zero attached hydrogens (tertiary/aromatic N) is 1. The topological polar surface area (TPSA) is 59.0 Å². The Labute approximate surface area is 149 Å². The van der Waals surface area contributed by atoms with E-state index >= 15 is 0 Å². The van der Waals surface area contributed by atoms with E-state index in [0.717, 1.165) is 30.6 Å². The number of hydrogen-bond donors (Lipinski definition) is 1. The molecule has 2 fully saturated rings. The predicted molar refractivity (Wildman–Crippen MR) is 95.6 cm³/mol. The van der Waals surface area contributed by atoms with Crippen molar-refractivity contribution in [2.24, 2.45) is 0 Å². The number of benzene rings is 1. The molecule has 2 bridgehead atoms. The molecule has 138 valence electrons. The summed E-state index contributed by atoms with van der Waals surface area (Å²) in [5.41, 5.74) is -0.568. The first kappa shape index (κ1) is 18.1. The second kappa shape index (κ2) is 6.52. The average Bonchev–Trinajstić information content (AvgIpc) is 2.52. The molecule has 0 radical (unpaired) electrons. The second-order valence-electron chi connectivity index (χ2n) is 8.30. The molecule has 0 spiro atoms. The molecule has 0 aliphatic carbocycles. The monoisotopic (exact) mass is 347 g/mol. The molecule has 25 heavy (non-hydrogen) atoms. The molecule has 2 aliphatic rings. The van der Waals surface area contributed by atoms with Gasteiger partial charge in [0.05, 0.1) is 12.7 Å². The minimum absolute atomic E-state index is 0.0125. The summed E-state index contributed by atoms with van der Waals surface area (Å²) in [6, 6.07) is 7.66. The maximum Gasteiger partial charge on any atom is 0.410 e. The Morgan fingerprint density at radius 3 is 2.44 bits per heavy atom. The van der Waals surface area contributed by atoms with Crippen LogP contribution >= 0.6 is 0 Å². The van der Waals surface area contributed by atoms with Crippen LogP contribution in [0.5, 0.6) is 5.75 Å². The molecule has 2 aliphatic heterocycles. The first-order valence-corrected chi connectivity index (χ1v) is 9.10. The SMILES string of the molecule is COc1cccc(C2(O)CC3CCCC(C2)N3C(=O)OC(C)(C)C)c1. The lowest BCUT2D eigenvalue weighted by Crippen LogP contribution is -2.59. The minimum atomic E-state index is -0.928. The summed E-state index contributed by atoms with van der Waals surface area (Å²) in [6.07, 6.45) is 3.72. The van der Waals surface area contributed by atoms with Crippen molar-refractivity contribution < 1.29 is 19.4 Å². The van der Waals surface area contributed by atoms with Crippen LogP contribution in [-0.2, 0) is 10.3 Å². The van der Waals surface area contributed by atoms with E-state index in [0.29, 0.717) is 12.8 Å². The Bertz CT molecular complexity index is 623. The van der Waals surface area contributed by atoms with E-state index in [2.05, 4.69) is 0 Å². The fourth-order valence-electron chi connectivity index (χ4n) is 4.19. The molecule has 1 amide bonds. The Kier molecular flexibility index (Phi) is 4.71. The highest BCUT2D eigenvalue weighted by molar-refractivity contribution is 5.69. The van der Waals surface area contributed by atoms with Gasteiger partial charge in [-0.25, -0.2) is 4.79 Å². The van der Waals surface area contributed by atoms with Gasteiger partial charge in [0.1, 0.15) is 11.4 Å². The van der Waals surface area contributed by atoms with Gasteiger partial charge in [-0.15, -0.1) is 0 Å². The first-order valence-electron chi connectivity index (χ1n) is 9.10. The van der Waals surface area contributed by atoms with E-state index in [1.165, 1.54) is 0 Å². The van der Waals surface area contributed by atoms with Gasteiger partial charge in [-0.3, -0.25) is 0 Å². The van der Waals surface area contributed by atoms with Crippen LogP contribution in [0.4, 0.5) is 4.79 Å². The highest BCUT2D eigenvalue weighted by atomic mass is 16.6. The smallest absolute Gasteiger partial charge is 0.410 e. The van der Waals surface area contributed by atoms with Gasteiger partial charge in [-0.1, -0.05) is 12.1 Å². The van der Waals surface area contributed by atoms with Crippen molar-refractivity contribution in [3.8, 4) is 5.75 Å². The standard InChI is InChI=1S/C20H29NO4/c1-19(2,3)25-18(22)21-15-8-6-9-16(21)13-20(23,12-15)14-7-5-10-17(11-14)24-4/h5,7,10-11,15-16,23H,6,8-9,12-13H2,1-4H3. The molecular weight excluding hydrogens is 318 g/mol. The number of fused-ring (bicyclic) bond motifs is 2. The number of ether oxygens (including phenoxy) is 2. The minimum Gasteiger partial charge on any atom is -0.497 e. The number of amides is 1. The fraction of sp³-hybridized carbons (Fsp3) is 0.650. The van der Waals surface area contributed by atoms with Gasteiger partial charge in [0, 0.05) is 24.9 Å². The summed E-state index contributed by atoms with van der Waals surface area (Å²) in [6.45, 7) is 5.66. The maximum atomic E-state index is 12.7. The number of aliphatic hydroxyl groups is 1. The predicted octanol–water partition coefficient (Wildman–Crippen LogP) is 3.83. The van der Waals surface area contributed by atoms with E-state index in [-0.39, 0.29) is 18.2 Å². The Morgan fingerprint density at radius 2 is 1.88 bits per heavy atom. The maximum absolute atomic E-state index is 12.7. The van der Waals surface area contributed by atoms with Gasteiger partial charge >= 0.3 is 6.09 Å². The molecule has 0 aromatic heterocycles. The van der Waals surface area contributed by atoms with Gasteiger partial charge in [-0.2, -0.15) is 0 Å². The molecule has 5 heteroatoms. The molecule has 2 atom stereocenters. The quantitative estimate of drug-likeness (QED) is 0.883. The number of methoxy groups -OCH3 is 1. The van der Waals surface area contributed by atoms with E-state index < -0.39 is 11.2 Å². The third kappa shape index (κ3) is 3.76. The number of hydrogen-bond acceptors (Lipinski definition) is 4. The van der Waals surface area contributed by atoms with Crippen molar-refractivity contribution in [3.05, 3.63) is 29.8 Å². The molecule has 2 heterocycles. The second-order valence-corrected chi connectivity index (χ2v) is 8.30. The van der Waals surface area contributed by atoms with Crippen LogP contribution in [0.25, 0.3) is 0 Å². The van der Waals surface area contributed by atoms with Crippen molar-refractivity contribution in [1.29, 1.82) is 0 Å². The summed E-state index contributed by atoms with van der Waals surface area (Å²) in [5.74, 6) is 0.741. The summed E-state index contributed by atoms with van der Waals surface area (Å²) in [4.78, 5) is 14.6. The van der Waals surface area contributed by atoms with Crippen LogP contribution < -0.4 is 4.74 Å². The van der Waals surface area contributed by atoms with E-state index in [1.807, 2.05) is 49.9 Å². The zero-order valence-corrected chi connectivity index (χ0v) is 15.6. The number of carbonyl (C=O) groups excluding carboxylic acids is 1. The summed E-state index contributed by atoms with van der Waals surface area (Å²) < 4.78 is 10.9. The van der Waals surface area contributed by atoms with Crippen molar-refractivity contribution >= 4 is 6.09 Å². The largest absolute Gasteiger partial charge is 0.497 e. The third-order valence-corrected chi connectivity index (χ3v) is 5.22. The Hall–Kier alpha value is -1.75. The van der Waals surface area contributed by atoms with Crippen molar-refractivity contribution in [2.75, 3.05) is 7.11 Å². The summed E-state index contributed by atoms with van der Waals surface area (Å²) in [7, 11) is 1.63. The summed E-state index contributed by atoms with van der Waals surface area (Å²) in [5, 5.41) is 11.4. The van der Waals surface area contributed by atoms with E-state index in [9.17, 15) is 9.90 Å². The number of piperidine rings is 2. The Morgan fingerprint density at radius 1 is 1.24 bits per heavy atom. The third-order valence-electron chi connectivity index (χ3n) is 5.22. The van der Waals surface area contributed by atoms with Gasteiger partial charge in [0.2, 0.25) is 0 Å². The van der Waals surface area contributed by atoms with Crippen LogP contribution in [0.2, 0.25) is 0 Å². The number of carbonyl (C=O) groups is 1. The molecule has 2 saturated heterocycles. The normalized spacial score (nSPS) is 29.2. The lowest BCUT2D eigenvalue weighted by Gasteiger charge is -2.51. The van der Waals surface area contributed by atoms with Gasteiger partial charge in [0.15, 0.2) is 0 Å². The summed E-state index contributed by atoms with van der Waals surface area (Å²) >= 11 is 0.